The summed E-state index contributed by atoms with van der Waals surface area (Å²) in [6, 6.07) is 4.67. The molecule has 0 aliphatic carbocycles. The van der Waals surface area contributed by atoms with Crippen LogP contribution in [-0.2, 0) is 6.54 Å². The van der Waals surface area contributed by atoms with Gasteiger partial charge in [0.05, 0.1) is 27.7 Å². The van der Waals surface area contributed by atoms with Gasteiger partial charge in [-0.3, -0.25) is 4.79 Å². The molecule has 0 aliphatic rings. The number of nitrogens with zero attached hydrogens (tertiary/aromatic N) is 4. The molecule has 0 atom stereocenters. The highest BCUT2D eigenvalue weighted by atomic mass is 32.1. The van der Waals surface area contributed by atoms with Crippen LogP contribution in [0.4, 0.5) is 4.39 Å². The average molecular weight is 345 g/mol. The molecule has 0 fully saturated rings. The van der Waals surface area contributed by atoms with Crippen molar-refractivity contribution in [3.63, 3.8) is 0 Å². The van der Waals surface area contributed by atoms with Gasteiger partial charge in [0.15, 0.2) is 10.8 Å². The summed E-state index contributed by atoms with van der Waals surface area (Å²) < 4.78 is 14.7. The van der Waals surface area contributed by atoms with Crippen molar-refractivity contribution >= 4 is 34.5 Å². The van der Waals surface area contributed by atoms with Crippen molar-refractivity contribution in [3.8, 4) is 0 Å². The van der Waals surface area contributed by atoms with Gasteiger partial charge in [-0.2, -0.15) is 14.6 Å². The second-order valence-electron chi connectivity index (χ2n) is 5.25. The van der Waals surface area contributed by atoms with Gasteiger partial charge < -0.3 is 0 Å². The van der Waals surface area contributed by atoms with E-state index in [4.69, 9.17) is 0 Å². The smallest absolute Gasteiger partial charge is 0.267 e. The summed E-state index contributed by atoms with van der Waals surface area (Å²) in [6.07, 6.45) is 1.42. The lowest BCUT2D eigenvalue weighted by molar-refractivity contribution is 0.0956. The number of halogens is 1. The number of hydrogen-bond acceptors (Lipinski definition) is 5. The second-order valence-corrected chi connectivity index (χ2v) is 6.32. The molecule has 0 saturated carbocycles. The Hall–Kier alpha value is -2.61. The van der Waals surface area contributed by atoms with E-state index < -0.39 is 0 Å². The van der Waals surface area contributed by atoms with Crippen molar-refractivity contribution in [3.05, 3.63) is 45.2 Å². The Labute approximate surface area is 142 Å². The van der Waals surface area contributed by atoms with Crippen LogP contribution in [0.2, 0.25) is 0 Å². The highest BCUT2D eigenvalue weighted by molar-refractivity contribution is 7.12. The van der Waals surface area contributed by atoms with Crippen LogP contribution in [0, 0.1) is 19.0 Å². The molecule has 3 aromatic rings. The number of carbonyl (C=O) groups is 1. The van der Waals surface area contributed by atoms with E-state index >= 15 is 0 Å². The number of aromatic nitrogens is 3. The first-order chi connectivity index (χ1) is 11.5. The molecule has 1 amide bonds. The maximum Gasteiger partial charge on any atom is 0.272 e. The van der Waals surface area contributed by atoms with Gasteiger partial charge >= 0.3 is 0 Å². The lowest BCUT2D eigenvalue weighted by Gasteiger charge is -2.05. The molecule has 0 radical (unpaired) electrons. The Balaban J connectivity index is 1.92. The van der Waals surface area contributed by atoms with Gasteiger partial charge in [0.1, 0.15) is 0 Å². The summed E-state index contributed by atoms with van der Waals surface area (Å²) in [5, 5.41) is 8.74. The fourth-order valence-electron chi connectivity index (χ4n) is 2.49. The Morgan fingerprint density at radius 2 is 2.25 bits per heavy atom. The van der Waals surface area contributed by atoms with E-state index in [1.165, 1.54) is 12.3 Å². The first-order valence-electron chi connectivity index (χ1n) is 7.43. The van der Waals surface area contributed by atoms with Gasteiger partial charge in [-0.15, -0.1) is 11.3 Å². The molecule has 3 rings (SSSR count). The number of nitrogens with one attached hydrogen (secondary N) is 1. The second kappa shape index (κ2) is 6.48. The number of carbonyl (C=O) groups excluding carboxylic acids is 1. The molecule has 0 bridgehead atoms. The van der Waals surface area contributed by atoms with Crippen molar-refractivity contribution in [1.29, 1.82) is 0 Å². The lowest BCUT2D eigenvalue weighted by atomic mass is 10.1. The summed E-state index contributed by atoms with van der Waals surface area (Å²) in [5.41, 5.74) is 5.11. The molecular formula is C16H16FN5OS. The highest BCUT2D eigenvalue weighted by Gasteiger charge is 2.18. The molecule has 3 heterocycles. The Bertz CT molecular complexity index is 943. The van der Waals surface area contributed by atoms with Gasteiger partial charge in [0, 0.05) is 12.2 Å². The number of hydrazone groups is 1. The number of hydrogen-bond donors (Lipinski definition) is 1. The zero-order valence-corrected chi connectivity index (χ0v) is 14.3. The van der Waals surface area contributed by atoms with Crippen molar-refractivity contribution < 1.29 is 9.18 Å². The van der Waals surface area contributed by atoms with Gasteiger partial charge in [-0.1, -0.05) is 0 Å². The van der Waals surface area contributed by atoms with E-state index in [1.54, 1.807) is 16.8 Å². The SMILES string of the molecule is CCn1nc(C)c2c(C(=O)NN=Cc3ccc(F)s3)cc(C)nc21. The summed E-state index contributed by atoms with van der Waals surface area (Å²) in [4.78, 5) is 17.6. The molecule has 0 unspecified atom stereocenters. The van der Waals surface area contributed by atoms with Gasteiger partial charge in [0.25, 0.3) is 5.91 Å². The third-order valence-electron chi connectivity index (χ3n) is 3.50. The van der Waals surface area contributed by atoms with E-state index in [9.17, 15) is 9.18 Å². The predicted molar refractivity (Wildman–Crippen MR) is 92.0 cm³/mol. The van der Waals surface area contributed by atoms with Gasteiger partial charge in [-0.25, -0.2) is 15.1 Å². The number of thiophene rings is 1. The summed E-state index contributed by atoms with van der Waals surface area (Å²) in [5.74, 6) is -0.350. The minimum atomic E-state index is -0.350. The van der Waals surface area contributed by atoms with Crippen LogP contribution in [0.3, 0.4) is 0 Å². The lowest BCUT2D eigenvalue weighted by Crippen LogP contribution is -2.18. The first kappa shape index (κ1) is 16.3. The molecule has 124 valence electrons. The molecule has 0 aliphatic heterocycles. The predicted octanol–water partition coefficient (Wildman–Crippen LogP) is 3.03. The fourth-order valence-corrected chi connectivity index (χ4v) is 3.09. The van der Waals surface area contributed by atoms with Crippen LogP contribution in [0.1, 0.15) is 33.5 Å². The summed E-state index contributed by atoms with van der Waals surface area (Å²) in [6.45, 7) is 6.32. The third-order valence-corrected chi connectivity index (χ3v) is 4.31. The maximum atomic E-state index is 12.9. The maximum absolute atomic E-state index is 12.9. The van der Waals surface area contributed by atoms with E-state index in [0.717, 1.165) is 28.1 Å². The molecule has 0 aromatic carbocycles. The molecular weight excluding hydrogens is 329 g/mol. The van der Waals surface area contributed by atoms with Gasteiger partial charge in [-0.05, 0) is 39.0 Å². The Morgan fingerprint density at radius 1 is 1.46 bits per heavy atom. The van der Waals surface area contributed by atoms with Crippen LogP contribution in [0.25, 0.3) is 11.0 Å². The zero-order valence-electron chi connectivity index (χ0n) is 13.5. The monoisotopic (exact) mass is 345 g/mol. The molecule has 6 nitrogen and oxygen atoms in total. The van der Waals surface area contributed by atoms with Crippen LogP contribution >= 0.6 is 11.3 Å². The number of pyridine rings is 1. The van der Waals surface area contributed by atoms with Crippen LogP contribution in [-0.4, -0.2) is 26.9 Å². The molecule has 0 spiro atoms. The highest BCUT2D eigenvalue weighted by Crippen LogP contribution is 2.22. The van der Waals surface area contributed by atoms with Crippen LogP contribution in [0.5, 0.6) is 0 Å². The van der Waals surface area contributed by atoms with E-state index in [0.29, 0.717) is 22.6 Å². The minimum absolute atomic E-state index is 0.295. The standard InChI is InChI=1S/C16H16FN5OS/c1-4-22-15-14(10(3)21-22)12(7-9(2)19-15)16(23)20-18-8-11-5-6-13(17)24-11/h5-8H,4H2,1-3H3,(H,20,23). The largest absolute Gasteiger partial charge is 0.272 e. The van der Waals surface area contributed by atoms with E-state index in [-0.39, 0.29) is 11.0 Å². The number of aryl methyl sites for hydroxylation is 3. The molecule has 24 heavy (non-hydrogen) atoms. The number of amides is 1. The van der Waals surface area contributed by atoms with E-state index in [1.807, 2.05) is 20.8 Å². The summed E-state index contributed by atoms with van der Waals surface area (Å²) in [7, 11) is 0. The molecule has 1 N–H and O–H groups in total. The molecule has 8 heteroatoms. The van der Waals surface area contributed by atoms with Crippen LogP contribution in [0.15, 0.2) is 23.3 Å². The van der Waals surface area contributed by atoms with Crippen molar-refractivity contribution in [2.75, 3.05) is 0 Å². The average Bonchev–Trinajstić information content (AvgIpc) is 3.10. The minimum Gasteiger partial charge on any atom is -0.267 e. The Kier molecular flexibility index (Phi) is 4.39. The Morgan fingerprint density at radius 3 is 2.92 bits per heavy atom. The van der Waals surface area contributed by atoms with Crippen molar-refractivity contribution in [1.82, 2.24) is 20.2 Å². The van der Waals surface area contributed by atoms with Crippen molar-refractivity contribution in [2.45, 2.75) is 27.3 Å². The topological polar surface area (TPSA) is 72.2 Å². The number of fused-ring (bicyclic) bond motifs is 1. The molecule has 0 saturated heterocycles. The third kappa shape index (κ3) is 3.05. The van der Waals surface area contributed by atoms with Crippen molar-refractivity contribution in [2.24, 2.45) is 5.10 Å². The van der Waals surface area contributed by atoms with Gasteiger partial charge in [0.2, 0.25) is 0 Å². The first-order valence-corrected chi connectivity index (χ1v) is 8.24. The normalized spacial score (nSPS) is 11.5. The summed E-state index contributed by atoms with van der Waals surface area (Å²) >= 11 is 0.958. The number of rotatable bonds is 4. The fraction of sp³-hybridized carbons (Fsp3) is 0.250. The molecule has 3 aromatic heterocycles. The van der Waals surface area contributed by atoms with Crippen LogP contribution < -0.4 is 5.43 Å². The zero-order chi connectivity index (χ0) is 17.3. The van der Waals surface area contributed by atoms with E-state index in [2.05, 4.69) is 20.6 Å². The quantitative estimate of drug-likeness (QED) is 0.583.